The third-order valence-electron chi connectivity index (χ3n) is 15.1. The molecule has 4 aliphatic heterocycles. The molecule has 0 aliphatic carbocycles. The van der Waals surface area contributed by atoms with Crippen molar-refractivity contribution in [3.05, 3.63) is 154 Å². The number of urea groups is 1. The minimum atomic E-state index is -2.24. The number of anilines is 1. The normalized spacial score (nSPS) is 21.7. The van der Waals surface area contributed by atoms with Gasteiger partial charge in [-0.05, 0) is 88.2 Å². The number of rotatable bonds is 12. The molecule has 2 fully saturated rings. The monoisotopic (exact) mass is 1050 g/mol. The van der Waals surface area contributed by atoms with Crippen molar-refractivity contribution in [1.29, 1.82) is 0 Å². The molecule has 77 heavy (non-hydrogen) atoms. The number of benzene rings is 5. The first-order chi connectivity index (χ1) is 37.1. The number of nitrogens with one attached hydrogen (secondary N) is 1. The molecule has 4 aliphatic rings. The molecule has 2 N–H and O–H groups in total. The topological polar surface area (TPSA) is 217 Å². The van der Waals surface area contributed by atoms with Crippen LogP contribution >= 0.6 is 0 Å². The summed E-state index contributed by atoms with van der Waals surface area (Å²) in [5, 5.41) is 13.6. The molecule has 9 rings (SSSR count). The fraction of sp³-hybridized carbons (Fsp3) is 0.339. The van der Waals surface area contributed by atoms with Gasteiger partial charge < -0.3 is 43.7 Å². The van der Waals surface area contributed by atoms with Gasteiger partial charge in [0.15, 0.2) is 17.4 Å². The van der Waals surface area contributed by atoms with Crippen LogP contribution in [-0.2, 0) is 66.1 Å². The number of hydrogen-bond acceptors (Lipinski definition) is 15. The molecule has 5 aromatic carbocycles. The van der Waals surface area contributed by atoms with E-state index in [1.165, 1.54) is 45.6 Å². The Kier molecular flexibility index (Phi) is 15.1. The van der Waals surface area contributed by atoms with Crippen molar-refractivity contribution in [2.75, 3.05) is 47.0 Å². The molecule has 0 aromatic heterocycles. The van der Waals surface area contributed by atoms with E-state index in [1.54, 1.807) is 43.0 Å². The minimum absolute atomic E-state index is 0.0129. The molecule has 0 radical (unpaired) electrons. The van der Waals surface area contributed by atoms with E-state index in [0.29, 0.717) is 34.6 Å². The van der Waals surface area contributed by atoms with Crippen molar-refractivity contribution in [2.24, 2.45) is 17.8 Å². The van der Waals surface area contributed by atoms with Crippen molar-refractivity contribution in [3.63, 3.8) is 0 Å². The van der Waals surface area contributed by atoms with Crippen molar-refractivity contribution in [2.45, 2.75) is 68.9 Å². The van der Waals surface area contributed by atoms with Gasteiger partial charge in [0.1, 0.15) is 29.4 Å². The third-order valence-corrected chi connectivity index (χ3v) is 15.1. The standard InChI is InChI=1S/C59H58N4O14/c1-33(2)47(55(68)76-7)60-58(71)62-43-26-21-34(15-14-20-41(53(66)74-5)54(67)75-6)29-42(43)59(57(62)70)46(52(65)61-28-27-38-30-44(72-3)45(73-4)31-39(38)32-61)49-56(69)77-50(36-18-12-9-13-19-36)48(35-16-10-8-11-17-35)63(49)51(59)37-22-24-40(64)25-23-37/h8-13,16-19,21-26,29-31,33,41,46-51,64H,20,27-28,32H2,1-7H3,(H,60,71)/t46-,47-,48-,49-,50+,51+,59-/m0/s1. The van der Waals surface area contributed by atoms with E-state index in [2.05, 4.69) is 17.2 Å². The zero-order valence-electron chi connectivity index (χ0n) is 43.5. The Morgan fingerprint density at radius 1 is 0.740 bits per heavy atom. The van der Waals surface area contributed by atoms with Crippen LogP contribution < -0.4 is 19.7 Å². The van der Waals surface area contributed by atoms with Crippen LogP contribution in [0.1, 0.15) is 77.4 Å². The SMILES string of the molecule is COC(=O)C(CC#Cc1ccc2c(c1)[C@]1(C(=O)N2C(=O)N[C@H](C(=O)OC)C(C)C)[C@H](C(=O)N2CCc3cc(OC)c(OC)cc3C2)[C@H]2C(=O)O[C@H](c3ccccc3)[C@H](c3ccccc3)N2[C@@H]1c1ccc(O)cc1)C(=O)OC. The summed E-state index contributed by atoms with van der Waals surface area (Å²) in [6.07, 6.45) is -0.996. The van der Waals surface area contributed by atoms with E-state index in [0.717, 1.165) is 30.2 Å². The average Bonchev–Trinajstić information content (AvgIpc) is 4.03. The number of hydrogen-bond donors (Lipinski definition) is 2. The van der Waals surface area contributed by atoms with Gasteiger partial charge in [-0.2, -0.15) is 0 Å². The maximum atomic E-state index is 16.9. The summed E-state index contributed by atoms with van der Waals surface area (Å²) in [4.78, 5) is 108. The van der Waals surface area contributed by atoms with Crippen molar-refractivity contribution < 1.29 is 67.1 Å². The molecule has 0 unspecified atom stereocenters. The predicted octanol–water partition coefficient (Wildman–Crippen LogP) is 6.27. The van der Waals surface area contributed by atoms with Gasteiger partial charge in [0, 0.05) is 25.1 Å². The Labute approximate surface area is 445 Å². The summed E-state index contributed by atoms with van der Waals surface area (Å²) < 4.78 is 32.8. The second-order valence-electron chi connectivity index (χ2n) is 19.5. The number of methoxy groups -OCH3 is 5. The first kappa shape index (κ1) is 53.1. The molecule has 5 aromatic rings. The number of carbonyl (C=O) groups excluding carboxylic acids is 7. The molecule has 4 amide bonds. The Morgan fingerprint density at radius 2 is 1.35 bits per heavy atom. The predicted molar refractivity (Wildman–Crippen MR) is 277 cm³/mol. The smallest absolute Gasteiger partial charge is 0.329 e. The Balaban J connectivity index is 1.35. The van der Waals surface area contributed by atoms with E-state index in [-0.39, 0.29) is 42.1 Å². The highest BCUT2D eigenvalue weighted by atomic mass is 16.6. The van der Waals surface area contributed by atoms with Gasteiger partial charge in [-0.3, -0.25) is 28.9 Å². The van der Waals surface area contributed by atoms with Gasteiger partial charge in [0.25, 0.3) is 0 Å². The van der Waals surface area contributed by atoms with Crippen LogP contribution in [0, 0.1) is 29.6 Å². The largest absolute Gasteiger partial charge is 0.508 e. The fourth-order valence-corrected chi connectivity index (χ4v) is 11.5. The van der Waals surface area contributed by atoms with Gasteiger partial charge in [0.05, 0.1) is 59.2 Å². The summed E-state index contributed by atoms with van der Waals surface area (Å²) in [6, 6.07) is 26.8. The maximum Gasteiger partial charge on any atom is 0.329 e. The van der Waals surface area contributed by atoms with Crippen molar-refractivity contribution in [3.8, 4) is 29.1 Å². The summed E-state index contributed by atoms with van der Waals surface area (Å²) in [7, 11) is 6.48. The molecule has 4 heterocycles. The number of phenolic OH excluding ortho intramolecular Hbond substituents is 1. The molecule has 0 saturated carbocycles. The average molecular weight is 1050 g/mol. The number of aromatic hydroxyl groups is 1. The summed E-state index contributed by atoms with van der Waals surface area (Å²) in [6.45, 7) is 3.56. The molecule has 1 spiro atoms. The van der Waals surface area contributed by atoms with Crippen LogP contribution in [0.2, 0.25) is 0 Å². The van der Waals surface area contributed by atoms with Crippen LogP contribution in [-0.4, -0.2) is 111 Å². The number of fused-ring (bicyclic) bond motifs is 4. The van der Waals surface area contributed by atoms with Crippen LogP contribution in [0.3, 0.4) is 0 Å². The van der Waals surface area contributed by atoms with Crippen LogP contribution in [0.4, 0.5) is 10.5 Å². The van der Waals surface area contributed by atoms with E-state index < -0.39 is 95.2 Å². The molecular formula is C59H58N4O14. The van der Waals surface area contributed by atoms with Crippen molar-refractivity contribution in [1.82, 2.24) is 15.1 Å². The zero-order chi connectivity index (χ0) is 54.9. The lowest BCUT2D eigenvalue weighted by molar-refractivity contribution is -0.179. The number of nitrogens with zero attached hydrogens (tertiary/aromatic N) is 3. The van der Waals surface area contributed by atoms with Gasteiger partial charge in [0.2, 0.25) is 11.8 Å². The number of cyclic esters (lactones) is 1. The summed E-state index contributed by atoms with van der Waals surface area (Å²) >= 11 is 0. The molecular weight excluding hydrogens is 989 g/mol. The lowest BCUT2D eigenvalue weighted by Gasteiger charge is -2.46. The van der Waals surface area contributed by atoms with Gasteiger partial charge in [-0.25, -0.2) is 14.5 Å². The van der Waals surface area contributed by atoms with Crippen LogP contribution in [0.25, 0.3) is 0 Å². The second kappa shape index (κ2) is 21.9. The lowest BCUT2D eigenvalue weighted by atomic mass is 9.64. The molecule has 2 saturated heterocycles. The maximum absolute atomic E-state index is 16.9. The number of esters is 4. The highest BCUT2D eigenvalue weighted by Gasteiger charge is 2.76. The minimum Gasteiger partial charge on any atom is -0.508 e. The van der Waals surface area contributed by atoms with E-state index >= 15 is 19.2 Å². The highest BCUT2D eigenvalue weighted by Crippen LogP contribution is 2.66. The van der Waals surface area contributed by atoms with Gasteiger partial charge >= 0.3 is 29.9 Å². The number of morpholine rings is 1. The molecule has 18 nitrogen and oxygen atoms in total. The van der Waals surface area contributed by atoms with Gasteiger partial charge in [-0.1, -0.05) is 98.5 Å². The van der Waals surface area contributed by atoms with E-state index in [1.807, 2.05) is 71.6 Å². The van der Waals surface area contributed by atoms with Crippen LogP contribution in [0.5, 0.6) is 17.2 Å². The number of phenols is 1. The van der Waals surface area contributed by atoms with Crippen LogP contribution in [0.15, 0.2) is 115 Å². The number of amides is 4. The Hall–Kier alpha value is -8.69. The number of imide groups is 1. The Morgan fingerprint density at radius 3 is 1.95 bits per heavy atom. The second-order valence-corrected chi connectivity index (χ2v) is 19.5. The summed E-state index contributed by atoms with van der Waals surface area (Å²) in [5.41, 5.74) is 1.43. The van der Waals surface area contributed by atoms with Gasteiger partial charge in [-0.15, -0.1) is 0 Å². The first-order valence-electron chi connectivity index (χ1n) is 25.0. The fourth-order valence-electron chi connectivity index (χ4n) is 11.5. The molecule has 398 valence electrons. The van der Waals surface area contributed by atoms with E-state index in [4.69, 9.17) is 28.4 Å². The van der Waals surface area contributed by atoms with E-state index in [9.17, 15) is 19.5 Å². The zero-order valence-corrected chi connectivity index (χ0v) is 43.5. The Bertz CT molecular complexity index is 3180. The third kappa shape index (κ3) is 9.34. The first-order valence-corrected chi connectivity index (χ1v) is 25.0. The lowest BCUT2D eigenvalue weighted by Crippen LogP contribution is -2.58. The molecule has 7 atom stereocenters. The quantitative estimate of drug-likeness (QED) is 0.0609. The van der Waals surface area contributed by atoms with Crippen molar-refractivity contribution >= 4 is 47.4 Å². The highest BCUT2D eigenvalue weighted by molar-refractivity contribution is 6.25. The summed E-state index contributed by atoms with van der Waals surface area (Å²) in [5.74, 6) is -1.72. The molecule has 18 heteroatoms. The molecule has 0 bridgehead atoms. The number of ether oxygens (including phenoxy) is 6. The number of carbonyl (C=O) groups is 7.